The van der Waals surface area contributed by atoms with Crippen LogP contribution in [0.5, 0.6) is 0 Å². The van der Waals surface area contributed by atoms with E-state index in [-0.39, 0.29) is 5.92 Å². The zero-order valence-corrected chi connectivity index (χ0v) is 12.7. The van der Waals surface area contributed by atoms with Crippen LogP contribution in [-0.2, 0) is 11.2 Å². The zero-order chi connectivity index (χ0) is 14.7. The summed E-state index contributed by atoms with van der Waals surface area (Å²) in [5.41, 5.74) is 2.11. The fraction of sp³-hybridized carbons (Fsp3) is 0.474. The summed E-state index contributed by atoms with van der Waals surface area (Å²) in [4.78, 5) is 17.0. The summed E-state index contributed by atoms with van der Waals surface area (Å²) < 4.78 is 0. The van der Waals surface area contributed by atoms with E-state index in [1.807, 2.05) is 30.5 Å². The molecule has 0 amide bonds. The van der Waals surface area contributed by atoms with Crippen LogP contribution in [0.3, 0.4) is 0 Å². The van der Waals surface area contributed by atoms with Gasteiger partial charge in [-0.2, -0.15) is 0 Å². The molecule has 2 heteroatoms. The predicted octanol–water partition coefficient (Wildman–Crippen LogP) is 4.56. The predicted molar refractivity (Wildman–Crippen MR) is 86.2 cm³/mol. The van der Waals surface area contributed by atoms with Gasteiger partial charge in [-0.3, -0.25) is 9.78 Å². The van der Waals surface area contributed by atoms with Crippen molar-refractivity contribution in [2.24, 2.45) is 11.8 Å². The molecule has 2 aromatic rings. The van der Waals surface area contributed by atoms with Gasteiger partial charge in [-0.1, -0.05) is 44.4 Å². The van der Waals surface area contributed by atoms with Gasteiger partial charge in [-0.05, 0) is 36.5 Å². The van der Waals surface area contributed by atoms with Gasteiger partial charge in [0, 0.05) is 23.9 Å². The Morgan fingerprint density at radius 2 is 2.10 bits per heavy atom. The maximum atomic E-state index is 12.7. The summed E-state index contributed by atoms with van der Waals surface area (Å²) in [6.45, 7) is 2.24. The fourth-order valence-corrected chi connectivity index (χ4v) is 3.60. The van der Waals surface area contributed by atoms with Crippen molar-refractivity contribution in [2.45, 2.75) is 45.4 Å². The molecule has 0 radical (unpaired) electrons. The van der Waals surface area contributed by atoms with Crippen molar-refractivity contribution in [3.8, 4) is 0 Å². The van der Waals surface area contributed by atoms with Gasteiger partial charge < -0.3 is 0 Å². The van der Waals surface area contributed by atoms with E-state index in [0.717, 1.165) is 35.2 Å². The van der Waals surface area contributed by atoms with E-state index in [0.29, 0.717) is 12.2 Å². The van der Waals surface area contributed by atoms with Crippen molar-refractivity contribution in [1.82, 2.24) is 4.98 Å². The summed E-state index contributed by atoms with van der Waals surface area (Å²) in [5, 5.41) is 1.12. The van der Waals surface area contributed by atoms with Gasteiger partial charge in [0.1, 0.15) is 5.78 Å². The van der Waals surface area contributed by atoms with Gasteiger partial charge >= 0.3 is 0 Å². The lowest BCUT2D eigenvalue weighted by atomic mass is 9.77. The first-order valence-corrected chi connectivity index (χ1v) is 8.13. The number of ketones is 1. The summed E-state index contributed by atoms with van der Waals surface area (Å²) in [6.07, 6.45) is 8.29. The largest absolute Gasteiger partial charge is 0.299 e. The highest BCUT2D eigenvalue weighted by molar-refractivity contribution is 5.90. The Morgan fingerprint density at radius 3 is 2.95 bits per heavy atom. The quantitative estimate of drug-likeness (QED) is 0.822. The Labute approximate surface area is 126 Å². The van der Waals surface area contributed by atoms with Gasteiger partial charge in [0.05, 0.1) is 5.52 Å². The minimum atomic E-state index is 0.274. The summed E-state index contributed by atoms with van der Waals surface area (Å²) >= 11 is 0. The topological polar surface area (TPSA) is 30.0 Å². The van der Waals surface area contributed by atoms with Gasteiger partial charge in [0.15, 0.2) is 0 Å². The van der Waals surface area contributed by atoms with Gasteiger partial charge in [-0.25, -0.2) is 0 Å². The van der Waals surface area contributed by atoms with E-state index in [4.69, 9.17) is 0 Å². The van der Waals surface area contributed by atoms with E-state index < -0.39 is 0 Å². The third-order valence-electron chi connectivity index (χ3n) is 4.92. The highest BCUT2D eigenvalue weighted by Gasteiger charge is 2.26. The second-order valence-corrected chi connectivity index (χ2v) is 6.27. The Morgan fingerprint density at radius 1 is 1.24 bits per heavy atom. The molecule has 0 spiro atoms. The van der Waals surface area contributed by atoms with E-state index in [1.165, 1.54) is 19.3 Å². The number of carbonyl (C=O) groups is 1. The number of benzene rings is 1. The van der Waals surface area contributed by atoms with Crippen LogP contribution in [0.25, 0.3) is 10.9 Å². The number of hydrogen-bond acceptors (Lipinski definition) is 2. The molecule has 1 aliphatic carbocycles. The van der Waals surface area contributed by atoms with E-state index in [2.05, 4.69) is 18.0 Å². The van der Waals surface area contributed by atoms with Crippen LogP contribution in [0.15, 0.2) is 36.5 Å². The molecular formula is C19H23NO. The van der Waals surface area contributed by atoms with Crippen LogP contribution < -0.4 is 0 Å². The molecule has 2 unspecified atom stereocenters. The van der Waals surface area contributed by atoms with Crippen LogP contribution in [0, 0.1) is 11.8 Å². The molecular weight excluding hydrogens is 258 g/mol. The first-order valence-electron chi connectivity index (χ1n) is 8.13. The standard InChI is InChI=1S/C19H23NO/c1-2-14-6-5-7-16(12-14)19(21)13-15-10-11-20-18-9-4-3-8-17(15)18/h3-4,8-11,14,16H,2,5-7,12-13H2,1H3. The molecule has 1 aromatic carbocycles. The number of nitrogens with zero attached hydrogens (tertiary/aromatic N) is 1. The van der Waals surface area contributed by atoms with Crippen LogP contribution in [0.2, 0.25) is 0 Å². The first kappa shape index (κ1) is 14.2. The van der Waals surface area contributed by atoms with E-state index in [9.17, 15) is 4.79 Å². The number of para-hydroxylation sites is 1. The molecule has 1 aliphatic rings. The number of carbonyl (C=O) groups excluding carboxylic acids is 1. The highest BCUT2D eigenvalue weighted by Crippen LogP contribution is 2.32. The van der Waals surface area contributed by atoms with Gasteiger partial charge in [0.25, 0.3) is 0 Å². The third-order valence-corrected chi connectivity index (χ3v) is 4.92. The lowest BCUT2D eigenvalue weighted by Crippen LogP contribution is -2.24. The van der Waals surface area contributed by atoms with Crippen molar-refractivity contribution in [3.05, 3.63) is 42.1 Å². The molecule has 0 aliphatic heterocycles. The minimum Gasteiger partial charge on any atom is -0.299 e. The highest BCUT2D eigenvalue weighted by atomic mass is 16.1. The molecule has 1 saturated carbocycles. The van der Waals surface area contributed by atoms with Gasteiger partial charge in [0.2, 0.25) is 0 Å². The van der Waals surface area contributed by atoms with Crippen LogP contribution in [0.4, 0.5) is 0 Å². The Hall–Kier alpha value is -1.70. The lowest BCUT2D eigenvalue weighted by molar-refractivity contribution is -0.123. The molecule has 1 heterocycles. The Bertz CT molecular complexity index is 629. The van der Waals surface area contributed by atoms with Crippen LogP contribution >= 0.6 is 0 Å². The number of Topliss-reactive ketones (excluding diaryl/α,β-unsaturated/α-hetero) is 1. The summed E-state index contributed by atoms with van der Waals surface area (Å²) in [6, 6.07) is 10.1. The summed E-state index contributed by atoms with van der Waals surface area (Å²) in [5.74, 6) is 1.45. The average Bonchev–Trinajstić information content (AvgIpc) is 2.55. The van der Waals surface area contributed by atoms with Crippen molar-refractivity contribution in [1.29, 1.82) is 0 Å². The van der Waals surface area contributed by atoms with Crippen molar-refractivity contribution in [3.63, 3.8) is 0 Å². The molecule has 0 N–H and O–H groups in total. The monoisotopic (exact) mass is 281 g/mol. The molecule has 3 rings (SSSR count). The van der Waals surface area contributed by atoms with Crippen molar-refractivity contribution >= 4 is 16.7 Å². The number of aromatic nitrogens is 1. The SMILES string of the molecule is CCC1CCCC(C(=O)Cc2ccnc3ccccc23)C1. The number of fused-ring (bicyclic) bond motifs is 1. The smallest absolute Gasteiger partial charge is 0.140 e. The van der Waals surface area contributed by atoms with Crippen LogP contribution in [0.1, 0.15) is 44.6 Å². The molecule has 110 valence electrons. The van der Waals surface area contributed by atoms with E-state index in [1.54, 1.807) is 0 Å². The number of pyridine rings is 1. The maximum absolute atomic E-state index is 12.7. The third kappa shape index (κ3) is 3.15. The number of rotatable bonds is 4. The number of hydrogen-bond donors (Lipinski definition) is 0. The van der Waals surface area contributed by atoms with Crippen molar-refractivity contribution in [2.75, 3.05) is 0 Å². The second kappa shape index (κ2) is 6.38. The molecule has 0 bridgehead atoms. The fourth-order valence-electron chi connectivity index (χ4n) is 3.60. The molecule has 21 heavy (non-hydrogen) atoms. The molecule has 2 nitrogen and oxygen atoms in total. The molecule has 0 saturated heterocycles. The average molecular weight is 281 g/mol. The second-order valence-electron chi connectivity index (χ2n) is 6.27. The first-order chi connectivity index (χ1) is 10.3. The Balaban J connectivity index is 1.77. The van der Waals surface area contributed by atoms with Gasteiger partial charge in [-0.15, -0.1) is 0 Å². The van der Waals surface area contributed by atoms with Crippen molar-refractivity contribution < 1.29 is 4.79 Å². The maximum Gasteiger partial charge on any atom is 0.140 e. The minimum absolute atomic E-state index is 0.274. The normalized spacial score (nSPS) is 22.3. The zero-order valence-electron chi connectivity index (χ0n) is 12.7. The summed E-state index contributed by atoms with van der Waals surface area (Å²) in [7, 11) is 0. The molecule has 2 atom stereocenters. The Kier molecular flexibility index (Phi) is 4.33. The molecule has 1 fully saturated rings. The van der Waals surface area contributed by atoms with Crippen LogP contribution in [-0.4, -0.2) is 10.8 Å². The van der Waals surface area contributed by atoms with E-state index >= 15 is 0 Å². The molecule has 1 aromatic heterocycles. The lowest BCUT2D eigenvalue weighted by Gasteiger charge is -2.27.